The Labute approximate surface area is 96.2 Å². The zero-order chi connectivity index (χ0) is 12.1. The molecule has 0 aromatic carbocycles. The van der Waals surface area contributed by atoms with E-state index < -0.39 is 11.9 Å². The maximum absolute atomic E-state index is 12.3. The molecule has 2 saturated heterocycles. The van der Waals surface area contributed by atoms with Crippen molar-refractivity contribution in [2.75, 3.05) is 26.2 Å². The van der Waals surface area contributed by atoms with Crippen LogP contribution in [0.1, 0.15) is 11.5 Å². The predicted molar refractivity (Wildman–Crippen MR) is 54.2 cm³/mol. The summed E-state index contributed by atoms with van der Waals surface area (Å²) in [6.07, 6.45) is -3.48. The van der Waals surface area contributed by atoms with Gasteiger partial charge in [0.1, 0.15) is 11.5 Å². The molecule has 2 fully saturated rings. The van der Waals surface area contributed by atoms with Gasteiger partial charge in [-0.1, -0.05) is 0 Å². The number of likely N-dealkylation sites (tertiary alicyclic amines) is 1. The van der Waals surface area contributed by atoms with Gasteiger partial charge in [0.05, 0.1) is 12.7 Å². The zero-order valence-electron chi connectivity index (χ0n) is 9.14. The summed E-state index contributed by atoms with van der Waals surface area (Å²) < 4.78 is 37.0. The van der Waals surface area contributed by atoms with E-state index in [1.807, 2.05) is 0 Å². The van der Waals surface area contributed by atoms with Crippen LogP contribution in [-0.4, -0.2) is 41.0 Å². The molecular formula is C10H13F3N4. The van der Waals surface area contributed by atoms with Crippen molar-refractivity contribution in [3.8, 4) is 0 Å². The van der Waals surface area contributed by atoms with Gasteiger partial charge in [0, 0.05) is 31.6 Å². The normalized spacial score (nSPS) is 23.5. The zero-order valence-corrected chi connectivity index (χ0v) is 9.14. The highest BCUT2D eigenvalue weighted by Crippen LogP contribution is 2.35. The smallest absolute Gasteiger partial charge is 0.337 e. The Morgan fingerprint density at radius 3 is 2.53 bits per heavy atom. The molecule has 2 aliphatic rings. The van der Waals surface area contributed by atoms with Crippen molar-refractivity contribution in [3.63, 3.8) is 0 Å². The molecule has 0 radical (unpaired) electrons. The van der Waals surface area contributed by atoms with Crippen molar-refractivity contribution in [2.24, 2.45) is 5.41 Å². The standard InChI is InChI=1S/C10H13F3N4/c11-10(12,13)7-1-15-8(16-7)2-17-5-9(6-17)3-14-4-9/h1,14H,2-6H2,(H,15,16). The van der Waals surface area contributed by atoms with Gasteiger partial charge < -0.3 is 10.3 Å². The Morgan fingerprint density at radius 1 is 1.35 bits per heavy atom. The highest BCUT2D eigenvalue weighted by Gasteiger charge is 2.47. The highest BCUT2D eigenvalue weighted by molar-refractivity contribution is 5.08. The third kappa shape index (κ3) is 1.93. The van der Waals surface area contributed by atoms with Crippen LogP contribution in [0.3, 0.4) is 0 Å². The first-order valence-corrected chi connectivity index (χ1v) is 5.51. The quantitative estimate of drug-likeness (QED) is 0.812. The Kier molecular flexibility index (Phi) is 2.24. The van der Waals surface area contributed by atoms with Gasteiger partial charge in [0.25, 0.3) is 0 Å². The molecule has 1 spiro atoms. The number of hydrogen-bond donors (Lipinski definition) is 2. The van der Waals surface area contributed by atoms with Gasteiger partial charge in [-0.2, -0.15) is 13.2 Å². The first-order valence-electron chi connectivity index (χ1n) is 5.51. The summed E-state index contributed by atoms with van der Waals surface area (Å²) in [5, 5.41) is 3.21. The van der Waals surface area contributed by atoms with Gasteiger partial charge in [-0.3, -0.25) is 4.90 Å². The number of nitrogens with zero attached hydrogens (tertiary/aromatic N) is 2. The van der Waals surface area contributed by atoms with E-state index in [0.717, 1.165) is 32.4 Å². The summed E-state index contributed by atoms with van der Waals surface area (Å²) in [6, 6.07) is 0. The summed E-state index contributed by atoms with van der Waals surface area (Å²) >= 11 is 0. The molecule has 2 aliphatic heterocycles. The van der Waals surface area contributed by atoms with Gasteiger partial charge >= 0.3 is 6.18 Å². The third-order valence-electron chi connectivity index (χ3n) is 3.43. The van der Waals surface area contributed by atoms with Crippen molar-refractivity contribution >= 4 is 0 Å². The van der Waals surface area contributed by atoms with Crippen LogP contribution < -0.4 is 5.32 Å². The van der Waals surface area contributed by atoms with E-state index in [2.05, 4.69) is 20.2 Å². The molecule has 0 amide bonds. The van der Waals surface area contributed by atoms with Gasteiger partial charge in [-0.05, 0) is 0 Å². The van der Waals surface area contributed by atoms with Gasteiger partial charge in [0.2, 0.25) is 0 Å². The van der Waals surface area contributed by atoms with Crippen molar-refractivity contribution < 1.29 is 13.2 Å². The van der Waals surface area contributed by atoms with E-state index in [9.17, 15) is 13.2 Å². The second kappa shape index (κ2) is 3.46. The fraction of sp³-hybridized carbons (Fsp3) is 0.700. The van der Waals surface area contributed by atoms with E-state index >= 15 is 0 Å². The number of aromatic amines is 1. The Balaban J connectivity index is 1.57. The molecule has 0 aliphatic carbocycles. The average molecular weight is 246 g/mol. The maximum Gasteiger partial charge on any atom is 0.432 e. The Hall–Kier alpha value is -1.08. The number of hydrogen-bond acceptors (Lipinski definition) is 3. The minimum Gasteiger partial charge on any atom is -0.337 e. The van der Waals surface area contributed by atoms with Crippen molar-refractivity contribution in [1.82, 2.24) is 20.2 Å². The number of nitrogens with one attached hydrogen (secondary N) is 2. The fourth-order valence-electron chi connectivity index (χ4n) is 2.52. The van der Waals surface area contributed by atoms with E-state index in [1.165, 1.54) is 0 Å². The molecule has 0 bridgehead atoms. The topological polar surface area (TPSA) is 44.0 Å². The lowest BCUT2D eigenvalue weighted by molar-refractivity contribution is -0.141. The maximum atomic E-state index is 12.3. The lowest BCUT2D eigenvalue weighted by atomic mass is 9.74. The monoisotopic (exact) mass is 246 g/mol. The molecule has 1 aromatic rings. The van der Waals surface area contributed by atoms with Gasteiger partial charge in [-0.15, -0.1) is 0 Å². The third-order valence-corrected chi connectivity index (χ3v) is 3.43. The number of rotatable bonds is 2. The van der Waals surface area contributed by atoms with E-state index in [4.69, 9.17) is 0 Å². The number of imidazole rings is 1. The molecule has 17 heavy (non-hydrogen) atoms. The molecule has 0 saturated carbocycles. The first kappa shape index (κ1) is 11.0. The van der Waals surface area contributed by atoms with Crippen molar-refractivity contribution in [2.45, 2.75) is 12.7 Å². The fourth-order valence-corrected chi connectivity index (χ4v) is 2.52. The van der Waals surface area contributed by atoms with Crippen molar-refractivity contribution in [1.29, 1.82) is 0 Å². The van der Waals surface area contributed by atoms with Crippen molar-refractivity contribution in [3.05, 3.63) is 17.7 Å². The molecular weight excluding hydrogens is 233 g/mol. The summed E-state index contributed by atoms with van der Waals surface area (Å²) in [5.41, 5.74) is -0.382. The molecule has 0 atom stereocenters. The van der Waals surface area contributed by atoms with Crippen LogP contribution in [0.2, 0.25) is 0 Å². The molecule has 94 valence electrons. The van der Waals surface area contributed by atoms with Crippen LogP contribution in [0.15, 0.2) is 6.20 Å². The largest absolute Gasteiger partial charge is 0.432 e. The molecule has 1 aromatic heterocycles. The minimum atomic E-state index is -4.33. The molecule has 4 nitrogen and oxygen atoms in total. The Bertz CT molecular complexity index is 413. The summed E-state index contributed by atoms with van der Waals surface area (Å²) in [7, 11) is 0. The lowest BCUT2D eigenvalue weighted by Gasteiger charge is -2.56. The Morgan fingerprint density at radius 2 is 2.06 bits per heavy atom. The van der Waals surface area contributed by atoms with E-state index in [-0.39, 0.29) is 0 Å². The molecule has 3 rings (SSSR count). The number of halogens is 3. The summed E-state index contributed by atoms with van der Waals surface area (Å²) in [6.45, 7) is 4.41. The number of aromatic nitrogens is 2. The van der Waals surface area contributed by atoms with E-state index in [0.29, 0.717) is 17.8 Å². The molecule has 0 unspecified atom stereocenters. The second-order valence-corrected chi connectivity index (χ2v) is 4.99. The van der Waals surface area contributed by atoms with Crippen LogP contribution in [-0.2, 0) is 12.7 Å². The first-order chi connectivity index (χ1) is 7.97. The lowest BCUT2D eigenvalue weighted by Crippen LogP contribution is -2.70. The average Bonchev–Trinajstić information content (AvgIpc) is 2.54. The minimum absolute atomic E-state index is 0.388. The van der Waals surface area contributed by atoms with Gasteiger partial charge in [0.15, 0.2) is 0 Å². The van der Waals surface area contributed by atoms with Crippen LogP contribution in [0.5, 0.6) is 0 Å². The molecule has 3 heterocycles. The van der Waals surface area contributed by atoms with E-state index in [1.54, 1.807) is 0 Å². The number of H-pyrrole nitrogens is 1. The van der Waals surface area contributed by atoms with Crippen LogP contribution in [0.25, 0.3) is 0 Å². The predicted octanol–water partition coefficient (Wildman–Crippen LogP) is 0.834. The second-order valence-electron chi connectivity index (χ2n) is 4.99. The van der Waals surface area contributed by atoms with Crippen LogP contribution in [0, 0.1) is 5.41 Å². The number of alkyl halides is 3. The molecule has 2 N–H and O–H groups in total. The summed E-state index contributed by atoms with van der Waals surface area (Å²) in [5.74, 6) is 0.388. The summed E-state index contributed by atoms with van der Waals surface area (Å²) in [4.78, 5) is 8.20. The molecule has 7 heteroatoms. The van der Waals surface area contributed by atoms with Crippen LogP contribution in [0.4, 0.5) is 13.2 Å². The highest BCUT2D eigenvalue weighted by atomic mass is 19.4. The van der Waals surface area contributed by atoms with Crippen LogP contribution >= 0.6 is 0 Å². The van der Waals surface area contributed by atoms with Gasteiger partial charge in [-0.25, -0.2) is 4.98 Å². The SMILES string of the molecule is FC(F)(F)c1cnc(CN2CC3(CNC3)C2)[nH]1.